The lowest BCUT2D eigenvalue weighted by Crippen LogP contribution is -2.28. The lowest BCUT2D eigenvalue weighted by Gasteiger charge is -2.20. The highest BCUT2D eigenvalue weighted by molar-refractivity contribution is 5.44. The van der Waals surface area contributed by atoms with E-state index in [9.17, 15) is 0 Å². The van der Waals surface area contributed by atoms with Crippen molar-refractivity contribution in [1.82, 2.24) is 19.6 Å². The van der Waals surface area contributed by atoms with Crippen molar-refractivity contribution < 1.29 is 0 Å². The van der Waals surface area contributed by atoms with Crippen molar-refractivity contribution in [1.29, 1.82) is 0 Å². The second kappa shape index (κ2) is 7.16. The van der Waals surface area contributed by atoms with Crippen molar-refractivity contribution in [2.45, 2.75) is 19.4 Å². The molecule has 0 unspecified atom stereocenters. The molecule has 0 aliphatic carbocycles. The second-order valence-electron chi connectivity index (χ2n) is 6.48. The fourth-order valence-electron chi connectivity index (χ4n) is 3.47. The number of hydrogen-bond donors (Lipinski definition) is 1. The van der Waals surface area contributed by atoms with Crippen molar-refractivity contribution in [3.8, 4) is 0 Å². The Labute approximate surface area is 143 Å². The summed E-state index contributed by atoms with van der Waals surface area (Å²) in [4.78, 5) is 7.46. The average Bonchev–Trinajstić information content (AvgIpc) is 2.79. The predicted octanol–water partition coefficient (Wildman–Crippen LogP) is 2.72. The molecular formula is C20H24N4. The summed E-state index contributed by atoms with van der Waals surface area (Å²) in [7, 11) is 0. The highest BCUT2D eigenvalue weighted by Gasteiger charge is 2.17. The summed E-state index contributed by atoms with van der Waals surface area (Å²) in [6.45, 7) is 5.42. The summed E-state index contributed by atoms with van der Waals surface area (Å²) < 4.78 is 2.26. The van der Waals surface area contributed by atoms with Crippen LogP contribution in [-0.2, 0) is 13.0 Å². The van der Waals surface area contributed by atoms with Gasteiger partial charge in [0.1, 0.15) is 5.65 Å². The molecule has 1 aliphatic heterocycles. The largest absolute Gasteiger partial charge is 0.315 e. The lowest BCUT2D eigenvalue weighted by atomic mass is 10.1. The number of rotatable bonds is 4. The van der Waals surface area contributed by atoms with Gasteiger partial charge in [-0.05, 0) is 37.2 Å². The fourth-order valence-corrected chi connectivity index (χ4v) is 3.47. The molecule has 0 saturated carbocycles. The Morgan fingerprint density at radius 1 is 0.958 bits per heavy atom. The second-order valence-corrected chi connectivity index (χ2v) is 6.48. The van der Waals surface area contributed by atoms with E-state index in [4.69, 9.17) is 4.98 Å². The highest BCUT2D eigenvalue weighted by Crippen LogP contribution is 2.19. The zero-order valence-electron chi connectivity index (χ0n) is 14.0. The number of nitrogens with zero attached hydrogens (tertiary/aromatic N) is 3. The molecule has 0 spiro atoms. The number of benzene rings is 1. The Morgan fingerprint density at radius 3 is 2.75 bits per heavy atom. The van der Waals surface area contributed by atoms with Crippen LogP contribution in [-0.4, -0.2) is 40.5 Å². The molecule has 1 aromatic carbocycles. The Bertz CT molecular complexity index is 786. The summed E-state index contributed by atoms with van der Waals surface area (Å²) in [6, 6.07) is 16.9. The third-order valence-electron chi connectivity index (χ3n) is 4.73. The Hall–Kier alpha value is -2.17. The van der Waals surface area contributed by atoms with Gasteiger partial charge >= 0.3 is 0 Å². The normalized spacial score (nSPS) is 16.3. The monoisotopic (exact) mass is 320 g/mol. The molecule has 0 atom stereocenters. The van der Waals surface area contributed by atoms with Crippen LogP contribution in [0.1, 0.15) is 23.4 Å². The van der Waals surface area contributed by atoms with E-state index in [1.807, 2.05) is 0 Å². The van der Waals surface area contributed by atoms with Gasteiger partial charge in [-0.3, -0.25) is 4.90 Å². The minimum Gasteiger partial charge on any atom is -0.315 e. The van der Waals surface area contributed by atoms with Gasteiger partial charge in [0.15, 0.2) is 0 Å². The Morgan fingerprint density at radius 2 is 1.83 bits per heavy atom. The van der Waals surface area contributed by atoms with Crippen LogP contribution >= 0.6 is 0 Å². The molecule has 3 heterocycles. The van der Waals surface area contributed by atoms with Crippen LogP contribution in [0, 0.1) is 0 Å². The molecule has 1 saturated heterocycles. The van der Waals surface area contributed by atoms with Gasteiger partial charge in [0.05, 0.1) is 11.4 Å². The number of nitrogens with one attached hydrogen (secondary N) is 1. The molecule has 2 aromatic heterocycles. The van der Waals surface area contributed by atoms with Crippen molar-refractivity contribution in [3.05, 3.63) is 71.7 Å². The van der Waals surface area contributed by atoms with Crippen LogP contribution in [0.2, 0.25) is 0 Å². The van der Waals surface area contributed by atoms with Crippen molar-refractivity contribution in [2.75, 3.05) is 26.2 Å². The number of hydrogen-bond acceptors (Lipinski definition) is 3. The predicted molar refractivity (Wildman–Crippen MR) is 97.2 cm³/mol. The van der Waals surface area contributed by atoms with E-state index in [1.54, 1.807) is 0 Å². The van der Waals surface area contributed by atoms with Gasteiger partial charge < -0.3 is 9.72 Å². The maximum atomic E-state index is 4.92. The van der Waals surface area contributed by atoms with E-state index in [0.717, 1.165) is 44.8 Å². The lowest BCUT2D eigenvalue weighted by molar-refractivity contribution is 0.279. The standard InChI is InChI=1S/C20H24N4/c1-2-7-17(8-3-1)15-18-19(16-23-12-6-10-21-11-14-23)24-13-5-4-9-20(24)22-18/h1-5,7-9,13,21H,6,10-12,14-16H2. The van der Waals surface area contributed by atoms with Gasteiger partial charge in [0, 0.05) is 32.3 Å². The molecule has 0 radical (unpaired) electrons. The topological polar surface area (TPSA) is 32.6 Å². The summed E-state index contributed by atoms with van der Waals surface area (Å²) in [5.74, 6) is 0. The fraction of sp³-hybridized carbons (Fsp3) is 0.350. The molecule has 4 nitrogen and oxygen atoms in total. The number of fused-ring (bicyclic) bond motifs is 1. The Kier molecular flexibility index (Phi) is 4.58. The highest BCUT2D eigenvalue weighted by atomic mass is 15.2. The molecule has 1 fully saturated rings. The van der Waals surface area contributed by atoms with Crippen LogP contribution in [0.15, 0.2) is 54.7 Å². The minimum atomic E-state index is 0.893. The molecule has 4 heteroatoms. The molecule has 0 amide bonds. The maximum absolute atomic E-state index is 4.92. The van der Waals surface area contributed by atoms with Gasteiger partial charge in [0.2, 0.25) is 0 Å². The van der Waals surface area contributed by atoms with Crippen LogP contribution in [0.25, 0.3) is 5.65 Å². The van der Waals surface area contributed by atoms with E-state index < -0.39 is 0 Å². The van der Waals surface area contributed by atoms with Crippen molar-refractivity contribution in [3.63, 3.8) is 0 Å². The third-order valence-corrected chi connectivity index (χ3v) is 4.73. The van der Waals surface area contributed by atoms with Crippen LogP contribution in [0.4, 0.5) is 0 Å². The molecule has 4 rings (SSSR count). The van der Waals surface area contributed by atoms with Crippen molar-refractivity contribution in [2.24, 2.45) is 0 Å². The van der Waals surface area contributed by atoms with E-state index in [2.05, 4.69) is 69.3 Å². The zero-order chi connectivity index (χ0) is 16.2. The summed E-state index contributed by atoms with van der Waals surface area (Å²) in [5.41, 5.74) is 4.90. The zero-order valence-corrected chi connectivity index (χ0v) is 14.0. The van der Waals surface area contributed by atoms with E-state index in [0.29, 0.717) is 0 Å². The van der Waals surface area contributed by atoms with E-state index in [1.165, 1.54) is 23.4 Å². The molecule has 0 bridgehead atoms. The molecular weight excluding hydrogens is 296 g/mol. The first-order valence-electron chi connectivity index (χ1n) is 8.82. The molecule has 3 aromatic rings. The van der Waals surface area contributed by atoms with Gasteiger partial charge in [-0.1, -0.05) is 36.4 Å². The van der Waals surface area contributed by atoms with Gasteiger partial charge in [-0.15, -0.1) is 0 Å². The smallest absolute Gasteiger partial charge is 0.137 e. The summed E-state index contributed by atoms with van der Waals surface area (Å²) in [6.07, 6.45) is 4.25. The van der Waals surface area contributed by atoms with Crippen molar-refractivity contribution >= 4 is 5.65 Å². The molecule has 1 aliphatic rings. The quantitative estimate of drug-likeness (QED) is 0.802. The number of imidazole rings is 1. The summed E-state index contributed by atoms with van der Waals surface area (Å²) >= 11 is 0. The molecule has 24 heavy (non-hydrogen) atoms. The van der Waals surface area contributed by atoms with E-state index in [-0.39, 0.29) is 0 Å². The maximum Gasteiger partial charge on any atom is 0.137 e. The average molecular weight is 320 g/mol. The molecule has 124 valence electrons. The van der Waals surface area contributed by atoms with Crippen LogP contribution < -0.4 is 5.32 Å². The van der Waals surface area contributed by atoms with Gasteiger partial charge in [-0.2, -0.15) is 0 Å². The first-order chi connectivity index (χ1) is 11.9. The van der Waals surface area contributed by atoms with E-state index >= 15 is 0 Å². The van der Waals surface area contributed by atoms with Gasteiger partial charge in [0.25, 0.3) is 0 Å². The summed E-state index contributed by atoms with van der Waals surface area (Å²) in [5, 5.41) is 3.48. The minimum absolute atomic E-state index is 0.893. The van der Waals surface area contributed by atoms with Crippen LogP contribution in [0.5, 0.6) is 0 Å². The SMILES string of the molecule is c1ccc(Cc2nc3ccccn3c2CN2CCCNCC2)cc1. The number of aromatic nitrogens is 2. The first kappa shape index (κ1) is 15.4. The first-order valence-corrected chi connectivity index (χ1v) is 8.82. The van der Waals surface area contributed by atoms with Crippen LogP contribution in [0.3, 0.4) is 0 Å². The number of pyridine rings is 1. The molecule has 1 N–H and O–H groups in total. The third kappa shape index (κ3) is 3.35. The Balaban J connectivity index is 1.67. The van der Waals surface area contributed by atoms with Gasteiger partial charge in [-0.25, -0.2) is 4.98 Å².